The van der Waals surface area contributed by atoms with Gasteiger partial charge in [-0.15, -0.1) is 0 Å². The van der Waals surface area contributed by atoms with Gasteiger partial charge in [-0.3, -0.25) is 0 Å². The zero-order valence-corrected chi connectivity index (χ0v) is 13.3. The molecule has 0 heterocycles. The van der Waals surface area contributed by atoms with Crippen molar-refractivity contribution in [2.75, 3.05) is 4.90 Å². The Morgan fingerprint density at radius 2 is 1.04 bits per heavy atom. The number of nitrogens with zero attached hydrogens (tertiary/aromatic N) is 1. The van der Waals surface area contributed by atoms with Crippen molar-refractivity contribution in [3.8, 4) is 0 Å². The third-order valence-corrected chi connectivity index (χ3v) is 4.13. The molecular weight excluding hydrogens is 289 g/mol. The van der Waals surface area contributed by atoms with Crippen LogP contribution in [0.3, 0.4) is 0 Å². The molecular formula is C22H16BN. The van der Waals surface area contributed by atoms with Gasteiger partial charge in [0.1, 0.15) is 7.85 Å². The van der Waals surface area contributed by atoms with E-state index in [0.29, 0.717) is 0 Å². The van der Waals surface area contributed by atoms with Gasteiger partial charge in [0.2, 0.25) is 0 Å². The van der Waals surface area contributed by atoms with Crippen LogP contribution in [0.25, 0.3) is 10.8 Å². The largest absolute Gasteiger partial charge is 0.310 e. The summed E-state index contributed by atoms with van der Waals surface area (Å²) in [6.45, 7) is 0. The van der Waals surface area contributed by atoms with E-state index in [4.69, 9.17) is 7.85 Å². The lowest BCUT2D eigenvalue weighted by Gasteiger charge is -2.25. The number of rotatable bonds is 3. The lowest BCUT2D eigenvalue weighted by molar-refractivity contribution is 1.29. The minimum Gasteiger partial charge on any atom is -0.310 e. The standard InChI is InChI=1S/C22H16BN/c23-19-13-11-18-16-22(14-12-17(18)15-19)24(20-7-3-1-4-8-20)21-9-5-2-6-10-21/h1-16H. The van der Waals surface area contributed by atoms with Crippen LogP contribution in [0.4, 0.5) is 17.1 Å². The first kappa shape index (κ1) is 14.6. The first-order valence-electron chi connectivity index (χ1n) is 8.01. The number of hydrogen-bond donors (Lipinski definition) is 0. The van der Waals surface area contributed by atoms with Gasteiger partial charge in [0.05, 0.1) is 0 Å². The van der Waals surface area contributed by atoms with E-state index in [2.05, 4.69) is 77.7 Å². The topological polar surface area (TPSA) is 3.24 Å². The zero-order valence-electron chi connectivity index (χ0n) is 13.3. The second kappa shape index (κ2) is 6.25. The highest BCUT2D eigenvalue weighted by Crippen LogP contribution is 2.35. The van der Waals surface area contributed by atoms with Gasteiger partial charge in [-0.2, -0.15) is 0 Å². The number of benzene rings is 4. The average molecular weight is 305 g/mol. The third kappa shape index (κ3) is 2.79. The van der Waals surface area contributed by atoms with Gasteiger partial charge >= 0.3 is 0 Å². The summed E-state index contributed by atoms with van der Waals surface area (Å²) in [5.74, 6) is 0. The maximum absolute atomic E-state index is 5.89. The molecule has 1 nitrogen and oxygen atoms in total. The van der Waals surface area contributed by atoms with Gasteiger partial charge < -0.3 is 4.90 Å². The summed E-state index contributed by atoms with van der Waals surface area (Å²) in [6.07, 6.45) is 0. The van der Waals surface area contributed by atoms with Crippen LogP contribution >= 0.6 is 0 Å². The van der Waals surface area contributed by atoms with E-state index in [1.165, 1.54) is 5.39 Å². The quantitative estimate of drug-likeness (QED) is 0.476. The molecule has 0 aromatic heterocycles. The normalized spacial score (nSPS) is 10.7. The van der Waals surface area contributed by atoms with Gasteiger partial charge in [-0.05, 0) is 47.2 Å². The monoisotopic (exact) mass is 305 g/mol. The fourth-order valence-electron chi connectivity index (χ4n) is 2.99. The van der Waals surface area contributed by atoms with E-state index in [9.17, 15) is 0 Å². The van der Waals surface area contributed by atoms with E-state index < -0.39 is 0 Å². The van der Waals surface area contributed by atoms with Crippen LogP contribution in [0.5, 0.6) is 0 Å². The van der Waals surface area contributed by atoms with Gasteiger partial charge in [0.25, 0.3) is 0 Å². The van der Waals surface area contributed by atoms with Crippen molar-refractivity contribution >= 4 is 41.1 Å². The molecule has 0 saturated heterocycles. The van der Waals surface area contributed by atoms with Gasteiger partial charge in [0.15, 0.2) is 0 Å². The third-order valence-electron chi connectivity index (χ3n) is 4.13. The Hall–Kier alpha value is -3.00. The molecule has 0 spiro atoms. The van der Waals surface area contributed by atoms with Crippen LogP contribution in [0.2, 0.25) is 0 Å². The van der Waals surface area contributed by atoms with Crippen molar-refractivity contribution < 1.29 is 0 Å². The van der Waals surface area contributed by atoms with Crippen LogP contribution < -0.4 is 10.4 Å². The highest BCUT2D eigenvalue weighted by atomic mass is 15.1. The first-order valence-corrected chi connectivity index (χ1v) is 8.01. The zero-order chi connectivity index (χ0) is 16.4. The highest BCUT2D eigenvalue weighted by molar-refractivity contribution is 6.33. The lowest BCUT2D eigenvalue weighted by Crippen LogP contribution is -2.09. The smallest absolute Gasteiger partial charge is 0.113 e. The molecule has 0 N–H and O–H groups in total. The molecule has 0 bridgehead atoms. The van der Waals surface area contributed by atoms with Crippen molar-refractivity contribution in [3.63, 3.8) is 0 Å². The molecule has 2 radical (unpaired) electrons. The Morgan fingerprint density at radius 1 is 0.500 bits per heavy atom. The number of hydrogen-bond acceptors (Lipinski definition) is 1. The summed E-state index contributed by atoms with van der Waals surface area (Å²) in [7, 11) is 5.89. The van der Waals surface area contributed by atoms with E-state index in [0.717, 1.165) is 27.9 Å². The fourth-order valence-corrected chi connectivity index (χ4v) is 2.99. The first-order chi connectivity index (χ1) is 11.8. The van der Waals surface area contributed by atoms with Crippen LogP contribution in [0.15, 0.2) is 97.1 Å². The van der Waals surface area contributed by atoms with Gasteiger partial charge in [-0.25, -0.2) is 0 Å². The summed E-state index contributed by atoms with van der Waals surface area (Å²) in [6, 6.07) is 33.3. The average Bonchev–Trinajstić information content (AvgIpc) is 2.64. The summed E-state index contributed by atoms with van der Waals surface area (Å²) in [5, 5.41) is 2.33. The number of anilines is 3. The molecule has 112 valence electrons. The Labute approximate surface area is 143 Å². The van der Waals surface area contributed by atoms with E-state index >= 15 is 0 Å². The number of fused-ring (bicyclic) bond motifs is 1. The summed E-state index contributed by atoms with van der Waals surface area (Å²) in [5.41, 5.74) is 4.19. The second-order valence-corrected chi connectivity index (χ2v) is 5.80. The van der Waals surface area contributed by atoms with Crippen molar-refractivity contribution in [2.24, 2.45) is 0 Å². The predicted molar refractivity (Wildman–Crippen MR) is 104 cm³/mol. The van der Waals surface area contributed by atoms with Crippen LogP contribution in [-0.4, -0.2) is 7.85 Å². The molecule has 0 aliphatic heterocycles. The maximum Gasteiger partial charge on any atom is 0.113 e. The van der Waals surface area contributed by atoms with Crippen LogP contribution in [0.1, 0.15) is 0 Å². The minimum atomic E-state index is 0.790. The molecule has 2 heteroatoms. The maximum atomic E-state index is 5.89. The molecule has 0 saturated carbocycles. The lowest BCUT2D eigenvalue weighted by atomic mass is 9.93. The SMILES string of the molecule is [B]c1ccc2cc(N(c3ccccc3)c3ccccc3)ccc2c1. The van der Waals surface area contributed by atoms with Crippen LogP contribution in [-0.2, 0) is 0 Å². The van der Waals surface area contributed by atoms with Crippen molar-refractivity contribution in [1.29, 1.82) is 0 Å². The fraction of sp³-hybridized carbons (Fsp3) is 0. The molecule has 0 fully saturated rings. The van der Waals surface area contributed by atoms with E-state index in [1.54, 1.807) is 0 Å². The van der Waals surface area contributed by atoms with Crippen molar-refractivity contribution in [1.82, 2.24) is 0 Å². The Balaban J connectivity index is 1.89. The molecule has 4 aromatic rings. The minimum absolute atomic E-state index is 0.790. The second-order valence-electron chi connectivity index (χ2n) is 5.80. The molecule has 4 rings (SSSR count). The molecule has 24 heavy (non-hydrogen) atoms. The Morgan fingerprint density at radius 3 is 1.67 bits per heavy atom. The number of para-hydroxylation sites is 2. The summed E-state index contributed by atoms with van der Waals surface area (Å²) >= 11 is 0. The van der Waals surface area contributed by atoms with E-state index in [-0.39, 0.29) is 0 Å². The summed E-state index contributed by atoms with van der Waals surface area (Å²) < 4.78 is 0. The van der Waals surface area contributed by atoms with Crippen LogP contribution in [0, 0.1) is 0 Å². The molecule has 0 aliphatic carbocycles. The Bertz CT molecular complexity index is 925. The molecule has 4 aromatic carbocycles. The molecule has 0 unspecified atom stereocenters. The Kier molecular flexibility index (Phi) is 3.80. The molecule has 0 atom stereocenters. The van der Waals surface area contributed by atoms with Crippen molar-refractivity contribution in [3.05, 3.63) is 97.1 Å². The molecule has 0 amide bonds. The van der Waals surface area contributed by atoms with Gasteiger partial charge in [-0.1, -0.05) is 66.1 Å². The predicted octanol–water partition coefficient (Wildman–Crippen LogP) is 5.10. The van der Waals surface area contributed by atoms with Crippen molar-refractivity contribution in [2.45, 2.75) is 0 Å². The van der Waals surface area contributed by atoms with Gasteiger partial charge in [0, 0.05) is 17.1 Å². The highest BCUT2D eigenvalue weighted by Gasteiger charge is 2.12. The van der Waals surface area contributed by atoms with E-state index in [1.807, 2.05) is 24.3 Å². The molecule has 0 aliphatic rings. The summed E-state index contributed by atoms with van der Waals surface area (Å²) in [4.78, 5) is 2.26.